The number of halogens is 1. The van der Waals surface area contributed by atoms with Gasteiger partial charge in [-0.1, -0.05) is 29.8 Å². The van der Waals surface area contributed by atoms with Crippen molar-refractivity contribution >= 4 is 27.6 Å². The molecule has 0 bridgehead atoms. The van der Waals surface area contributed by atoms with Gasteiger partial charge in [-0.05, 0) is 31.4 Å². The number of esters is 1. The molecule has 0 amide bonds. The van der Waals surface area contributed by atoms with Crippen molar-refractivity contribution in [3.63, 3.8) is 0 Å². The van der Waals surface area contributed by atoms with Gasteiger partial charge in [0.25, 0.3) is 0 Å². The molecule has 1 heterocycles. The van der Waals surface area contributed by atoms with Crippen molar-refractivity contribution in [2.75, 3.05) is 19.7 Å². The summed E-state index contributed by atoms with van der Waals surface area (Å²) >= 11 is 6.03. The average molecular weight is 346 g/mol. The molecule has 1 aromatic carbocycles. The zero-order valence-corrected chi connectivity index (χ0v) is 14.1. The molecule has 0 spiro atoms. The van der Waals surface area contributed by atoms with Crippen LogP contribution in [-0.2, 0) is 25.3 Å². The van der Waals surface area contributed by atoms with E-state index in [1.54, 1.807) is 31.2 Å². The molecule has 1 saturated heterocycles. The zero-order valence-electron chi connectivity index (χ0n) is 12.5. The fourth-order valence-corrected chi connectivity index (χ4v) is 4.47. The molecular weight excluding hydrogens is 326 g/mol. The van der Waals surface area contributed by atoms with Gasteiger partial charge in [0.2, 0.25) is 10.0 Å². The molecule has 0 unspecified atom stereocenters. The van der Waals surface area contributed by atoms with Crippen LogP contribution in [0.1, 0.15) is 25.3 Å². The Bertz CT molecular complexity index is 632. The summed E-state index contributed by atoms with van der Waals surface area (Å²) in [6, 6.07) is 6.89. The molecule has 0 aromatic heterocycles. The molecule has 0 radical (unpaired) electrons. The van der Waals surface area contributed by atoms with Crippen LogP contribution < -0.4 is 0 Å². The average Bonchev–Trinajstić information content (AvgIpc) is 2.50. The van der Waals surface area contributed by atoms with E-state index in [-0.39, 0.29) is 24.2 Å². The van der Waals surface area contributed by atoms with E-state index in [1.165, 1.54) is 4.31 Å². The highest BCUT2D eigenvalue weighted by Gasteiger charge is 2.33. The summed E-state index contributed by atoms with van der Waals surface area (Å²) in [4.78, 5) is 11.8. The summed E-state index contributed by atoms with van der Waals surface area (Å²) in [5, 5.41) is 0.435. The first-order valence-electron chi connectivity index (χ1n) is 7.32. The first-order valence-corrected chi connectivity index (χ1v) is 9.30. The first-order chi connectivity index (χ1) is 10.4. The van der Waals surface area contributed by atoms with E-state index in [2.05, 4.69) is 0 Å². The molecule has 1 fully saturated rings. The molecule has 0 saturated carbocycles. The highest BCUT2D eigenvalue weighted by atomic mass is 35.5. The third-order valence-electron chi connectivity index (χ3n) is 3.69. The highest BCUT2D eigenvalue weighted by molar-refractivity contribution is 7.88. The number of benzene rings is 1. The highest BCUT2D eigenvalue weighted by Crippen LogP contribution is 2.24. The quantitative estimate of drug-likeness (QED) is 0.769. The second-order valence-corrected chi connectivity index (χ2v) is 7.67. The topological polar surface area (TPSA) is 63.7 Å². The lowest BCUT2D eigenvalue weighted by molar-refractivity contribution is -0.149. The van der Waals surface area contributed by atoms with Crippen LogP contribution in [0.4, 0.5) is 0 Å². The standard InChI is InChI=1S/C15H20ClNO4S/c1-2-21-15(18)12-7-5-9-17(10-12)22(19,20)11-13-6-3-4-8-14(13)16/h3-4,6,8,12H,2,5,7,9-11H2,1H3/t12-/m1/s1. The van der Waals surface area contributed by atoms with Crippen LogP contribution in [0.5, 0.6) is 0 Å². The number of hydrogen-bond donors (Lipinski definition) is 0. The predicted molar refractivity (Wildman–Crippen MR) is 85.0 cm³/mol. The number of carbonyl (C=O) groups is 1. The molecule has 0 N–H and O–H groups in total. The molecule has 7 heteroatoms. The summed E-state index contributed by atoms with van der Waals surface area (Å²) in [5.41, 5.74) is 0.572. The Hall–Kier alpha value is -1.11. The van der Waals surface area contributed by atoms with Crippen LogP contribution in [0, 0.1) is 5.92 Å². The van der Waals surface area contributed by atoms with E-state index < -0.39 is 10.0 Å². The van der Waals surface area contributed by atoms with Crippen molar-refractivity contribution in [2.24, 2.45) is 5.92 Å². The molecule has 2 rings (SSSR count). The maximum atomic E-state index is 12.5. The number of ether oxygens (including phenoxy) is 1. The molecule has 122 valence electrons. The molecule has 5 nitrogen and oxygen atoms in total. The summed E-state index contributed by atoms with van der Waals surface area (Å²) in [7, 11) is -3.50. The number of rotatable bonds is 5. The lowest BCUT2D eigenvalue weighted by atomic mass is 10.0. The Morgan fingerprint density at radius 1 is 1.41 bits per heavy atom. The van der Waals surface area contributed by atoms with E-state index in [9.17, 15) is 13.2 Å². The van der Waals surface area contributed by atoms with Crippen LogP contribution >= 0.6 is 11.6 Å². The van der Waals surface area contributed by atoms with Gasteiger partial charge in [-0.15, -0.1) is 0 Å². The van der Waals surface area contributed by atoms with Crippen molar-refractivity contribution in [3.8, 4) is 0 Å². The van der Waals surface area contributed by atoms with Crippen LogP contribution in [0.2, 0.25) is 5.02 Å². The van der Waals surface area contributed by atoms with Crippen LogP contribution in [-0.4, -0.2) is 38.4 Å². The van der Waals surface area contributed by atoms with Gasteiger partial charge in [-0.2, -0.15) is 0 Å². The minimum atomic E-state index is -3.50. The molecule has 1 aliphatic heterocycles. The number of piperidine rings is 1. The van der Waals surface area contributed by atoms with Gasteiger partial charge in [-0.3, -0.25) is 4.79 Å². The molecule has 1 atom stereocenters. The SMILES string of the molecule is CCOC(=O)[C@@H]1CCCN(S(=O)(=O)Cc2ccccc2Cl)C1. The van der Waals surface area contributed by atoms with Gasteiger partial charge in [-0.25, -0.2) is 12.7 Å². The Kier molecular flexibility index (Phi) is 5.83. The number of hydrogen-bond acceptors (Lipinski definition) is 4. The zero-order chi connectivity index (χ0) is 16.2. The summed E-state index contributed by atoms with van der Waals surface area (Å²) in [6.45, 7) is 2.67. The Labute approximate surface area is 136 Å². The van der Waals surface area contributed by atoms with Gasteiger partial charge >= 0.3 is 5.97 Å². The molecule has 0 aliphatic carbocycles. The van der Waals surface area contributed by atoms with Crippen LogP contribution in [0.3, 0.4) is 0 Å². The van der Waals surface area contributed by atoms with Gasteiger partial charge < -0.3 is 4.74 Å². The van der Waals surface area contributed by atoms with E-state index >= 15 is 0 Å². The minimum absolute atomic E-state index is 0.151. The third kappa shape index (κ3) is 4.21. The smallest absolute Gasteiger partial charge is 0.310 e. The van der Waals surface area contributed by atoms with Crippen molar-refractivity contribution in [2.45, 2.75) is 25.5 Å². The fraction of sp³-hybridized carbons (Fsp3) is 0.533. The van der Waals surface area contributed by atoms with Gasteiger partial charge in [0.05, 0.1) is 18.3 Å². The molecule has 1 aromatic rings. The van der Waals surface area contributed by atoms with E-state index in [0.29, 0.717) is 36.6 Å². The Balaban J connectivity index is 2.09. The van der Waals surface area contributed by atoms with Crippen molar-refractivity contribution < 1.29 is 17.9 Å². The van der Waals surface area contributed by atoms with Crippen molar-refractivity contribution in [1.29, 1.82) is 0 Å². The first kappa shape index (κ1) is 17.2. The molecular formula is C15H20ClNO4S. The summed E-state index contributed by atoms with van der Waals surface area (Å²) in [5.74, 6) is -0.850. The van der Waals surface area contributed by atoms with Crippen molar-refractivity contribution in [3.05, 3.63) is 34.9 Å². The van der Waals surface area contributed by atoms with Crippen LogP contribution in [0.15, 0.2) is 24.3 Å². The van der Waals surface area contributed by atoms with Gasteiger partial charge in [0, 0.05) is 18.1 Å². The number of carbonyl (C=O) groups excluding carboxylic acids is 1. The maximum absolute atomic E-state index is 12.5. The lowest BCUT2D eigenvalue weighted by Gasteiger charge is -2.30. The second kappa shape index (κ2) is 7.44. The molecule has 22 heavy (non-hydrogen) atoms. The summed E-state index contributed by atoms with van der Waals surface area (Å²) < 4.78 is 31.5. The summed E-state index contributed by atoms with van der Waals surface area (Å²) in [6.07, 6.45) is 1.32. The Morgan fingerprint density at radius 2 is 2.14 bits per heavy atom. The number of nitrogens with zero attached hydrogens (tertiary/aromatic N) is 1. The normalized spacial score (nSPS) is 19.8. The van der Waals surface area contributed by atoms with E-state index in [4.69, 9.17) is 16.3 Å². The second-order valence-electron chi connectivity index (χ2n) is 5.30. The van der Waals surface area contributed by atoms with E-state index in [0.717, 1.165) is 0 Å². The monoisotopic (exact) mass is 345 g/mol. The third-order valence-corrected chi connectivity index (χ3v) is 5.86. The van der Waals surface area contributed by atoms with Gasteiger partial charge in [0.15, 0.2) is 0 Å². The largest absolute Gasteiger partial charge is 0.466 e. The lowest BCUT2D eigenvalue weighted by Crippen LogP contribution is -2.43. The predicted octanol–water partition coefficient (Wildman–Crippen LogP) is 2.44. The minimum Gasteiger partial charge on any atom is -0.466 e. The van der Waals surface area contributed by atoms with Crippen molar-refractivity contribution in [1.82, 2.24) is 4.31 Å². The van der Waals surface area contributed by atoms with E-state index in [1.807, 2.05) is 0 Å². The fourth-order valence-electron chi connectivity index (χ4n) is 2.55. The van der Waals surface area contributed by atoms with Gasteiger partial charge in [0.1, 0.15) is 0 Å². The van der Waals surface area contributed by atoms with Crippen LogP contribution in [0.25, 0.3) is 0 Å². The molecule has 1 aliphatic rings. The Morgan fingerprint density at radius 3 is 2.82 bits per heavy atom. The maximum Gasteiger partial charge on any atom is 0.310 e. The number of sulfonamides is 1.